The minimum Gasteiger partial charge on any atom is -0.444 e. The number of halogens is 1. The molecule has 8 heteroatoms. The van der Waals surface area contributed by atoms with Crippen molar-refractivity contribution in [1.82, 2.24) is 5.32 Å². The van der Waals surface area contributed by atoms with Crippen LogP contribution in [0.5, 0.6) is 0 Å². The number of nitrogens with two attached hydrogens (primary N) is 1. The first kappa shape index (κ1) is 19.0. The molecule has 134 valence electrons. The molecule has 0 aromatic heterocycles. The van der Waals surface area contributed by atoms with Gasteiger partial charge in [0.2, 0.25) is 0 Å². The van der Waals surface area contributed by atoms with Gasteiger partial charge in [0.05, 0.1) is 10.8 Å². The van der Waals surface area contributed by atoms with Crippen LogP contribution in [0.2, 0.25) is 5.02 Å². The Morgan fingerprint density at radius 2 is 2.04 bits per heavy atom. The van der Waals surface area contributed by atoms with E-state index in [-0.39, 0.29) is 6.54 Å². The normalized spacial score (nSPS) is 26.8. The number of benzene rings is 1. The first-order valence-corrected chi connectivity index (χ1v) is 9.89. The highest BCUT2D eigenvalue weighted by Crippen LogP contribution is 2.55. The highest BCUT2D eigenvalue weighted by molar-refractivity contribution is 7.91. The number of rotatable bonds is 4. The lowest BCUT2D eigenvalue weighted by molar-refractivity contribution is 0.0497. The van der Waals surface area contributed by atoms with Crippen molar-refractivity contribution in [2.24, 2.45) is 5.73 Å². The summed E-state index contributed by atoms with van der Waals surface area (Å²) < 4.78 is 29.7. The highest BCUT2D eigenvalue weighted by atomic mass is 35.5. The Morgan fingerprint density at radius 3 is 2.50 bits per heavy atom. The summed E-state index contributed by atoms with van der Waals surface area (Å²) in [6.45, 7) is 5.17. The van der Waals surface area contributed by atoms with E-state index in [1.807, 2.05) is 0 Å². The average Bonchev–Trinajstić information content (AvgIpc) is 3.05. The summed E-state index contributed by atoms with van der Waals surface area (Å²) in [6, 6.07) is 6.92. The largest absolute Gasteiger partial charge is 0.444 e. The third-order valence-electron chi connectivity index (χ3n) is 4.00. The van der Waals surface area contributed by atoms with Crippen LogP contribution in [-0.4, -0.2) is 43.7 Å². The van der Waals surface area contributed by atoms with Gasteiger partial charge in [0.1, 0.15) is 5.60 Å². The topological polar surface area (TPSA) is 98.5 Å². The molecule has 0 aliphatic heterocycles. The van der Waals surface area contributed by atoms with Crippen LogP contribution in [0.4, 0.5) is 4.79 Å². The lowest BCUT2D eigenvalue weighted by atomic mass is 10.1. The molecule has 1 aliphatic carbocycles. The molecule has 0 saturated heterocycles. The van der Waals surface area contributed by atoms with Crippen LogP contribution < -0.4 is 11.1 Å². The predicted molar refractivity (Wildman–Crippen MR) is 94.0 cm³/mol. The second-order valence-corrected chi connectivity index (χ2v) is 9.76. The molecule has 2 rings (SSSR count). The van der Waals surface area contributed by atoms with Crippen molar-refractivity contribution in [3.05, 3.63) is 34.9 Å². The predicted octanol–water partition coefficient (Wildman–Crippen LogP) is 2.07. The molecule has 1 aliphatic rings. The zero-order valence-electron chi connectivity index (χ0n) is 14.2. The molecule has 0 radical (unpaired) electrons. The van der Waals surface area contributed by atoms with Crippen LogP contribution in [0.3, 0.4) is 0 Å². The molecule has 0 heterocycles. The Balaban J connectivity index is 2.37. The maximum atomic E-state index is 12.2. The Hall–Kier alpha value is -1.31. The summed E-state index contributed by atoms with van der Waals surface area (Å²) in [5.74, 6) is -0.469. The van der Waals surface area contributed by atoms with Crippen molar-refractivity contribution >= 4 is 27.5 Å². The first-order valence-electron chi connectivity index (χ1n) is 7.56. The molecular formula is C16H23ClN2O4S. The average molecular weight is 375 g/mol. The molecule has 1 saturated carbocycles. The second-order valence-electron chi connectivity index (χ2n) is 7.15. The van der Waals surface area contributed by atoms with E-state index >= 15 is 0 Å². The zero-order chi connectivity index (χ0) is 18.3. The summed E-state index contributed by atoms with van der Waals surface area (Å²) in [5, 5.41) is 2.37. The number of sulfone groups is 1. The van der Waals surface area contributed by atoms with Crippen LogP contribution in [0.1, 0.15) is 32.3 Å². The number of nitrogens with one attached hydrogen (secondary N) is 1. The van der Waals surface area contributed by atoms with Gasteiger partial charge in [-0.1, -0.05) is 23.7 Å². The van der Waals surface area contributed by atoms with Crippen LogP contribution >= 0.6 is 11.6 Å². The number of ether oxygens (including phenoxy) is 1. The van der Waals surface area contributed by atoms with E-state index in [0.29, 0.717) is 5.02 Å². The number of amides is 1. The molecule has 1 aromatic rings. The molecular weight excluding hydrogens is 352 g/mol. The van der Waals surface area contributed by atoms with Crippen molar-refractivity contribution < 1.29 is 17.9 Å². The maximum Gasteiger partial charge on any atom is 0.408 e. The standard InChI is InChI=1S/C16H23ClN2O4S/c1-15(2,3)23-14(20)19-16(9-18)12(13(16)24(4,21)22)10-6-5-7-11(17)8-10/h5-8,12-13H,9,18H2,1-4H3,(H,19,20)/t12-,13-,16-/m0/s1. The number of hydrogen-bond donors (Lipinski definition) is 2. The van der Waals surface area contributed by atoms with E-state index in [1.165, 1.54) is 0 Å². The smallest absolute Gasteiger partial charge is 0.408 e. The summed E-state index contributed by atoms with van der Waals surface area (Å²) in [7, 11) is -3.44. The molecule has 0 unspecified atom stereocenters. The van der Waals surface area contributed by atoms with Gasteiger partial charge >= 0.3 is 6.09 Å². The summed E-state index contributed by atoms with van der Waals surface area (Å²) in [6.07, 6.45) is 0.453. The zero-order valence-corrected chi connectivity index (χ0v) is 15.7. The van der Waals surface area contributed by atoms with Gasteiger partial charge in [-0.2, -0.15) is 0 Å². The minimum absolute atomic E-state index is 0.0266. The number of alkyl carbamates (subject to hydrolysis) is 1. The summed E-state index contributed by atoms with van der Waals surface area (Å²) in [4.78, 5) is 12.2. The highest BCUT2D eigenvalue weighted by Gasteiger charge is 2.70. The fraction of sp³-hybridized carbons (Fsp3) is 0.562. The first-order chi connectivity index (χ1) is 10.9. The van der Waals surface area contributed by atoms with Gasteiger partial charge in [-0.15, -0.1) is 0 Å². The molecule has 1 aromatic carbocycles. The Labute approximate surface area is 147 Å². The third kappa shape index (κ3) is 3.84. The van der Waals surface area contributed by atoms with E-state index in [9.17, 15) is 13.2 Å². The van der Waals surface area contributed by atoms with E-state index in [0.717, 1.165) is 11.8 Å². The van der Waals surface area contributed by atoms with Gasteiger partial charge in [-0.25, -0.2) is 13.2 Å². The van der Waals surface area contributed by atoms with E-state index in [4.69, 9.17) is 22.1 Å². The molecule has 1 amide bonds. The van der Waals surface area contributed by atoms with Crippen molar-refractivity contribution in [2.45, 2.75) is 43.1 Å². The van der Waals surface area contributed by atoms with Crippen molar-refractivity contribution in [3.8, 4) is 0 Å². The molecule has 24 heavy (non-hydrogen) atoms. The van der Waals surface area contributed by atoms with Gasteiger partial charge < -0.3 is 15.8 Å². The van der Waals surface area contributed by atoms with Gasteiger partial charge in [0.15, 0.2) is 9.84 Å². The monoisotopic (exact) mass is 374 g/mol. The minimum atomic E-state index is -3.44. The van der Waals surface area contributed by atoms with Crippen LogP contribution in [-0.2, 0) is 14.6 Å². The Bertz CT molecular complexity index is 745. The number of carbonyl (C=O) groups excluding carboxylic acids is 1. The molecule has 0 spiro atoms. The van der Waals surface area contributed by atoms with Gasteiger partial charge in [-0.3, -0.25) is 0 Å². The van der Waals surface area contributed by atoms with Crippen LogP contribution in [0, 0.1) is 0 Å². The Morgan fingerprint density at radius 1 is 1.42 bits per heavy atom. The van der Waals surface area contributed by atoms with Crippen molar-refractivity contribution in [3.63, 3.8) is 0 Å². The molecule has 3 N–H and O–H groups in total. The molecule has 6 nitrogen and oxygen atoms in total. The quantitative estimate of drug-likeness (QED) is 0.840. The Kier molecular flexibility index (Phi) is 4.92. The molecule has 1 fully saturated rings. The van der Waals surface area contributed by atoms with Crippen LogP contribution in [0.15, 0.2) is 24.3 Å². The SMILES string of the molecule is CC(C)(C)OC(=O)N[C@@]1(CN)[C@@H](c2cccc(Cl)c2)[C@@H]1S(C)(=O)=O. The maximum absolute atomic E-state index is 12.2. The lowest BCUT2D eigenvalue weighted by Gasteiger charge is -2.24. The van der Waals surface area contributed by atoms with Crippen LogP contribution in [0.25, 0.3) is 0 Å². The third-order valence-corrected chi connectivity index (χ3v) is 5.85. The molecule has 0 bridgehead atoms. The fourth-order valence-electron chi connectivity index (χ4n) is 3.14. The molecule has 3 atom stereocenters. The van der Waals surface area contributed by atoms with Gasteiger partial charge in [0, 0.05) is 23.7 Å². The van der Waals surface area contributed by atoms with E-state index in [1.54, 1.807) is 45.0 Å². The fourth-order valence-corrected chi connectivity index (χ4v) is 5.22. The second kappa shape index (κ2) is 6.20. The van der Waals surface area contributed by atoms with Crippen molar-refractivity contribution in [2.75, 3.05) is 12.8 Å². The van der Waals surface area contributed by atoms with Gasteiger partial charge in [-0.05, 0) is 38.5 Å². The van der Waals surface area contributed by atoms with E-state index in [2.05, 4.69) is 5.32 Å². The van der Waals surface area contributed by atoms with Gasteiger partial charge in [0.25, 0.3) is 0 Å². The number of hydrogen-bond acceptors (Lipinski definition) is 5. The summed E-state index contributed by atoms with van der Waals surface area (Å²) in [5.41, 5.74) is 4.80. The summed E-state index contributed by atoms with van der Waals surface area (Å²) >= 11 is 6.02. The lowest BCUT2D eigenvalue weighted by Crippen LogP contribution is -2.48. The van der Waals surface area contributed by atoms with Crippen molar-refractivity contribution in [1.29, 1.82) is 0 Å². The van der Waals surface area contributed by atoms with E-state index < -0.39 is 38.2 Å². The number of carbonyl (C=O) groups is 1.